The molecular formula is C33H37NO7S. The van der Waals surface area contributed by atoms with E-state index >= 15 is 0 Å². The first-order valence-corrected chi connectivity index (χ1v) is 15.4. The van der Waals surface area contributed by atoms with Crippen molar-refractivity contribution in [3.05, 3.63) is 89.0 Å². The molecule has 1 amide bonds. The average molecular weight is 592 g/mol. The lowest BCUT2D eigenvalue weighted by molar-refractivity contribution is -0.152. The zero-order chi connectivity index (χ0) is 30.6. The van der Waals surface area contributed by atoms with E-state index in [2.05, 4.69) is 0 Å². The van der Waals surface area contributed by atoms with Crippen molar-refractivity contribution in [3.8, 4) is 11.5 Å². The number of para-hydroxylation sites is 1. The van der Waals surface area contributed by atoms with Crippen LogP contribution in [-0.2, 0) is 22.4 Å². The summed E-state index contributed by atoms with van der Waals surface area (Å²) in [4.78, 5) is 40.6. The Bertz CT molecular complexity index is 1410. The molecule has 9 heteroatoms. The van der Waals surface area contributed by atoms with Crippen LogP contribution in [0.2, 0.25) is 0 Å². The third kappa shape index (κ3) is 7.33. The highest BCUT2D eigenvalue weighted by Crippen LogP contribution is 2.34. The number of ketones is 1. The molecule has 0 saturated carbocycles. The van der Waals surface area contributed by atoms with E-state index in [1.807, 2.05) is 32.0 Å². The maximum atomic E-state index is 13.7. The van der Waals surface area contributed by atoms with Gasteiger partial charge < -0.3 is 24.0 Å². The van der Waals surface area contributed by atoms with Crippen LogP contribution in [0.4, 0.5) is 4.79 Å². The molecule has 1 aliphatic rings. The summed E-state index contributed by atoms with van der Waals surface area (Å²) in [6.45, 7) is 7.43. The molecule has 0 spiro atoms. The smallest absolute Gasteiger partial charge is 0.415 e. The van der Waals surface area contributed by atoms with Crippen molar-refractivity contribution in [1.29, 1.82) is 0 Å². The maximum absolute atomic E-state index is 13.7. The average Bonchev–Trinajstić information content (AvgIpc) is 3.38. The molecule has 1 heterocycles. The molecule has 1 N–H and O–H groups in total. The molecule has 3 unspecified atom stereocenters. The summed E-state index contributed by atoms with van der Waals surface area (Å²) in [6, 6.07) is 19.6. The molecule has 42 heavy (non-hydrogen) atoms. The van der Waals surface area contributed by atoms with Crippen LogP contribution in [0.5, 0.6) is 11.5 Å². The molecule has 0 radical (unpaired) electrons. The Labute approximate surface area is 249 Å². The number of benzene rings is 3. The molecule has 3 aromatic carbocycles. The predicted octanol–water partition coefficient (Wildman–Crippen LogP) is 5.85. The molecule has 0 aromatic heterocycles. The van der Waals surface area contributed by atoms with Crippen molar-refractivity contribution >= 4 is 29.0 Å². The van der Waals surface area contributed by atoms with Crippen LogP contribution in [-0.4, -0.2) is 57.4 Å². The predicted molar refractivity (Wildman–Crippen MR) is 161 cm³/mol. The van der Waals surface area contributed by atoms with Gasteiger partial charge in [-0.05, 0) is 111 Å². The van der Waals surface area contributed by atoms with Crippen molar-refractivity contribution in [1.82, 2.24) is 4.90 Å². The molecule has 4 rings (SSSR count). The summed E-state index contributed by atoms with van der Waals surface area (Å²) >= 11 is -1.15. The Balaban J connectivity index is 1.53. The van der Waals surface area contributed by atoms with Gasteiger partial charge in [-0.3, -0.25) is 4.79 Å². The number of ether oxygens (including phenoxy) is 2. The van der Waals surface area contributed by atoms with Gasteiger partial charge in [0.1, 0.15) is 17.8 Å². The number of nitrogens with zero attached hydrogens (tertiary/aromatic N) is 1. The Hall–Kier alpha value is -3.82. The summed E-state index contributed by atoms with van der Waals surface area (Å²) in [5, 5.41) is 9.47. The molecule has 0 aliphatic carbocycles. The SMILES string of the molecule is Cc1cc(CCC2CN(C(=O)Oc3ccccc3)CC2C(=O)c2ccc([S+](C)[O-])cc2)cc(C)c1OC(C)(C)C(=O)O. The molecular weight excluding hydrogens is 554 g/mol. The number of amides is 1. The number of carboxylic acid groups (broad SMARTS) is 1. The fourth-order valence-electron chi connectivity index (χ4n) is 5.28. The van der Waals surface area contributed by atoms with Gasteiger partial charge in [0.15, 0.2) is 16.3 Å². The monoisotopic (exact) mass is 591 g/mol. The van der Waals surface area contributed by atoms with Gasteiger partial charge in [0.25, 0.3) is 0 Å². The van der Waals surface area contributed by atoms with E-state index in [0.29, 0.717) is 41.3 Å². The third-order valence-electron chi connectivity index (χ3n) is 7.65. The molecule has 3 aromatic rings. The van der Waals surface area contributed by atoms with Crippen molar-refractivity contribution < 1.29 is 33.5 Å². The third-order valence-corrected chi connectivity index (χ3v) is 8.59. The zero-order valence-electron chi connectivity index (χ0n) is 24.6. The minimum atomic E-state index is -1.36. The zero-order valence-corrected chi connectivity index (χ0v) is 25.4. The lowest BCUT2D eigenvalue weighted by Gasteiger charge is -2.25. The number of carbonyl (C=O) groups excluding carboxylic acids is 2. The number of carbonyl (C=O) groups is 3. The Morgan fingerprint density at radius 3 is 2.19 bits per heavy atom. The van der Waals surface area contributed by atoms with Crippen molar-refractivity contribution in [2.45, 2.75) is 51.0 Å². The van der Waals surface area contributed by atoms with E-state index in [4.69, 9.17) is 9.47 Å². The second kappa shape index (κ2) is 13.0. The number of aliphatic carboxylic acids is 1. The van der Waals surface area contributed by atoms with E-state index in [-0.39, 0.29) is 18.2 Å². The highest BCUT2D eigenvalue weighted by Gasteiger charge is 2.40. The fourth-order valence-corrected chi connectivity index (χ4v) is 5.80. The molecule has 3 atom stereocenters. The Morgan fingerprint density at radius 1 is 1.00 bits per heavy atom. The number of Topliss-reactive ketones (excluding diaryl/α,β-unsaturated/α-hetero) is 1. The minimum absolute atomic E-state index is 0.0598. The van der Waals surface area contributed by atoms with Gasteiger partial charge in [-0.1, -0.05) is 30.3 Å². The fraction of sp³-hybridized carbons (Fsp3) is 0.364. The molecule has 1 saturated heterocycles. The number of likely N-dealkylation sites (tertiary alicyclic amines) is 1. The van der Waals surface area contributed by atoms with Gasteiger partial charge in [0.05, 0.1) is 0 Å². The van der Waals surface area contributed by atoms with Crippen LogP contribution < -0.4 is 9.47 Å². The largest absolute Gasteiger partial charge is 0.612 e. The topological polar surface area (TPSA) is 116 Å². The van der Waals surface area contributed by atoms with E-state index in [0.717, 1.165) is 16.7 Å². The highest BCUT2D eigenvalue weighted by atomic mass is 32.2. The van der Waals surface area contributed by atoms with Crippen LogP contribution in [0.25, 0.3) is 0 Å². The van der Waals surface area contributed by atoms with Crippen LogP contribution in [0, 0.1) is 25.7 Å². The van der Waals surface area contributed by atoms with Gasteiger partial charge >= 0.3 is 12.1 Å². The van der Waals surface area contributed by atoms with E-state index in [1.54, 1.807) is 59.7 Å². The van der Waals surface area contributed by atoms with E-state index in [9.17, 15) is 24.0 Å². The van der Waals surface area contributed by atoms with Gasteiger partial charge in [-0.15, -0.1) is 0 Å². The van der Waals surface area contributed by atoms with Crippen LogP contribution in [0.1, 0.15) is 47.3 Å². The maximum Gasteiger partial charge on any atom is 0.415 e. The second-order valence-electron chi connectivity index (χ2n) is 11.3. The Morgan fingerprint density at radius 2 is 1.62 bits per heavy atom. The second-order valence-corrected chi connectivity index (χ2v) is 12.7. The van der Waals surface area contributed by atoms with Gasteiger partial charge in [0, 0.05) is 24.6 Å². The van der Waals surface area contributed by atoms with Crippen molar-refractivity contribution in [2.24, 2.45) is 11.8 Å². The first kappa shape index (κ1) is 31.1. The van der Waals surface area contributed by atoms with Gasteiger partial charge in [-0.25, -0.2) is 9.59 Å². The molecule has 222 valence electrons. The summed E-state index contributed by atoms with van der Waals surface area (Å²) in [5.41, 5.74) is 1.86. The van der Waals surface area contributed by atoms with Crippen LogP contribution >= 0.6 is 0 Å². The number of aryl methyl sites for hydroxylation is 3. The summed E-state index contributed by atoms with van der Waals surface area (Å²) in [7, 11) is 0. The molecule has 0 bridgehead atoms. The van der Waals surface area contributed by atoms with Gasteiger partial charge in [0.2, 0.25) is 0 Å². The summed E-state index contributed by atoms with van der Waals surface area (Å²) < 4.78 is 23.2. The summed E-state index contributed by atoms with van der Waals surface area (Å²) in [6.07, 6.45) is 2.42. The standard InChI is InChI=1S/C33H37NO7S/c1-21-17-23(18-22(2)30(21)41-33(3,4)31(36)37)11-12-25-19-34(32(38)40-26-9-7-6-8-10-26)20-28(25)29(35)24-13-15-27(16-14-24)42(5)39/h6-10,13-18,25,28H,11-12,19-20H2,1-5H3,(H,36,37). The lowest BCUT2D eigenvalue weighted by Crippen LogP contribution is -2.38. The number of hydrogen-bond donors (Lipinski definition) is 1. The van der Waals surface area contributed by atoms with Crippen LogP contribution in [0.15, 0.2) is 71.6 Å². The quantitative estimate of drug-likeness (QED) is 0.232. The van der Waals surface area contributed by atoms with Crippen molar-refractivity contribution in [3.63, 3.8) is 0 Å². The molecule has 1 aliphatic heterocycles. The minimum Gasteiger partial charge on any atom is -0.612 e. The summed E-state index contributed by atoms with van der Waals surface area (Å²) in [5.74, 6) is -0.649. The number of hydrogen-bond acceptors (Lipinski definition) is 6. The van der Waals surface area contributed by atoms with E-state index in [1.165, 1.54) is 13.8 Å². The lowest BCUT2D eigenvalue weighted by atomic mass is 9.84. The molecule has 8 nitrogen and oxygen atoms in total. The Kier molecular flexibility index (Phi) is 9.64. The van der Waals surface area contributed by atoms with E-state index < -0.39 is 34.8 Å². The van der Waals surface area contributed by atoms with Gasteiger partial charge in [-0.2, -0.15) is 0 Å². The van der Waals surface area contributed by atoms with Crippen LogP contribution in [0.3, 0.4) is 0 Å². The van der Waals surface area contributed by atoms with Crippen molar-refractivity contribution in [2.75, 3.05) is 19.3 Å². The molecule has 1 fully saturated rings. The number of carboxylic acids is 1. The normalized spacial score (nSPS) is 17.5. The number of rotatable bonds is 10. The highest BCUT2D eigenvalue weighted by molar-refractivity contribution is 7.90. The first-order chi connectivity index (χ1) is 19.9. The first-order valence-electron chi connectivity index (χ1n) is 13.9.